The lowest BCUT2D eigenvalue weighted by Gasteiger charge is -2.33. The summed E-state index contributed by atoms with van der Waals surface area (Å²) in [7, 11) is 0. The van der Waals surface area contributed by atoms with Gasteiger partial charge in [0.05, 0.1) is 37.1 Å². The first kappa shape index (κ1) is 61.0. The first-order valence-corrected chi connectivity index (χ1v) is 26.3. The highest BCUT2D eigenvalue weighted by molar-refractivity contribution is 5.97. The van der Waals surface area contributed by atoms with Crippen LogP contribution in [0.5, 0.6) is 5.75 Å². The van der Waals surface area contributed by atoms with Crippen LogP contribution in [0.2, 0.25) is 0 Å². The number of carbonyl (C=O) groups is 8. The third kappa shape index (κ3) is 18.6. The molecule has 1 aromatic rings. The molecular weight excluding hydrogens is 925 g/mol. The van der Waals surface area contributed by atoms with Gasteiger partial charge < -0.3 is 57.4 Å². The fourth-order valence-electron chi connectivity index (χ4n) is 9.29. The fourth-order valence-corrected chi connectivity index (χ4v) is 9.29. The van der Waals surface area contributed by atoms with E-state index >= 15 is 0 Å². The minimum absolute atomic E-state index is 0.0178. The van der Waals surface area contributed by atoms with Gasteiger partial charge in [0.1, 0.15) is 42.0 Å². The molecule has 12 atom stereocenters. The lowest BCUT2D eigenvalue weighted by Crippen LogP contribution is -2.62. The molecule has 0 bridgehead atoms. The van der Waals surface area contributed by atoms with Crippen molar-refractivity contribution in [2.75, 3.05) is 6.54 Å². The van der Waals surface area contributed by atoms with E-state index in [1.807, 2.05) is 55.4 Å². The zero-order valence-corrected chi connectivity index (χ0v) is 44.9. The van der Waals surface area contributed by atoms with Gasteiger partial charge in [-0.3, -0.25) is 38.4 Å². The molecule has 0 aliphatic carbocycles. The number of hydrogen-bond acceptors (Lipinski definition) is 11. The quantitative estimate of drug-likeness (QED) is 0.137. The van der Waals surface area contributed by atoms with E-state index in [2.05, 4.69) is 37.2 Å². The van der Waals surface area contributed by atoms with Gasteiger partial charge in [0.25, 0.3) is 0 Å². The van der Waals surface area contributed by atoms with Gasteiger partial charge >= 0.3 is 0 Å². The van der Waals surface area contributed by atoms with Gasteiger partial charge in [-0.15, -0.1) is 0 Å². The van der Waals surface area contributed by atoms with Crippen molar-refractivity contribution in [1.29, 1.82) is 0 Å². The Morgan fingerprint density at radius 3 is 1.50 bits per heavy atom. The second-order valence-electron chi connectivity index (χ2n) is 21.9. The molecule has 19 nitrogen and oxygen atoms in total. The fraction of sp³-hybridized carbons (Fsp3) is 0.736. The summed E-state index contributed by atoms with van der Waals surface area (Å²) in [5.41, 5.74) is 0.561. The van der Waals surface area contributed by atoms with Crippen LogP contribution in [0.4, 0.5) is 0 Å². The molecular formula is C53H88N8O11. The Labute approximate surface area is 427 Å². The summed E-state index contributed by atoms with van der Waals surface area (Å²) in [6.45, 7) is 22.3. The molecule has 3 rings (SSSR count). The second-order valence-corrected chi connectivity index (χ2v) is 21.9. The minimum Gasteiger partial charge on any atom is -0.508 e. The van der Waals surface area contributed by atoms with Crippen LogP contribution in [-0.4, -0.2) is 135 Å². The molecule has 2 fully saturated rings. The van der Waals surface area contributed by atoms with Crippen LogP contribution >= 0.6 is 0 Å². The van der Waals surface area contributed by atoms with Gasteiger partial charge in [0.2, 0.25) is 47.3 Å². The largest absolute Gasteiger partial charge is 0.508 e. The molecule has 1 aromatic carbocycles. The van der Waals surface area contributed by atoms with Crippen LogP contribution < -0.4 is 37.2 Å². The average Bonchev–Trinajstić information content (AvgIpc) is 3.80. The van der Waals surface area contributed by atoms with E-state index in [-0.39, 0.29) is 62.2 Å². The molecule has 2 unspecified atom stereocenters. The maximum Gasteiger partial charge on any atom is 0.246 e. The molecule has 72 heavy (non-hydrogen) atoms. The molecule has 2 aliphatic rings. The first-order valence-electron chi connectivity index (χ1n) is 26.3. The number of amides is 8. The molecule has 0 aromatic heterocycles. The SMILES string of the molecule is CCC(C)[C@@H]1NC(=O)[C@H](C(C)CC)NC(=O)[C@@H](CC(C)C)NC(=O)[C@@H]2CCCN2C(=O)[C@H](C(C)C)NC(=O)[C@H](Cc2ccc(O)cc2)NC(=O)C[C@@H](O)[C@@H](CC(C)C)NC(=O)C[C@@H](O)[C@@H](CC(C)C)NC1=O. The van der Waals surface area contributed by atoms with Gasteiger partial charge in [-0.25, -0.2) is 0 Å². The molecule has 0 radical (unpaired) electrons. The predicted octanol–water partition coefficient (Wildman–Crippen LogP) is 2.72. The maximum atomic E-state index is 14.5. The number of aliphatic hydroxyl groups is 2. The van der Waals surface area contributed by atoms with Gasteiger partial charge in [0.15, 0.2) is 0 Å². The second kappa shape index (κ2) is 28.8. The summed E-state index contributed by atoms with van der Waals surface area (Å²) >= 11 is 0. The maximum absolute atomic E-state index is 14.5. The van der Waals surface area contributed by atoms with Crippen molar-refractivity contribution in [3.8, 4) is 5.75 Å². The summed E-state index contributed by atoms with van der Waals surface area (Å²) in [6, 6.07) is -2.69. The molecule has 19 heteroatoms. The van der Waals surface area contributed by atoms with Crippen molar-refractivity contribution in [3.63, 3.8) is 0 Å². The minimum atomic E-state index is -1.45. The zero-order valence-electron chi connectivity index (χ0n) is 44.9. The van der Waals surface area contributed by atoms with E-state index in [1.165, 1.54) is 17.0 Å². The molecule has 406 valence electrons. The van der Waals surface area contributed by atoms with E-state index in [4.69, 9.17) is 0 Å². The van der Waals surface area contributed by atoms with Gasteiger partial charge in [-0.1, -0.05) is 108 Å². The van der Waals surface area contributed by atoms with Gasteiger partial charge in [-0.2, -0.15) is 0 Å². The Hall–Kier alpha value is -5.30. The Morgan fingerprint density at radius 2 is 1.00 bits per heavy atom. The molecule has 8 amide bonds. The number of phenols is 1. The van der Waals surface area contributed by atoms with Crippen LogP contribution in [0.3, 0.4) is 0 Å². The number of phenolic OH excluding ortho intramolecular Hbond substituents is 1. The van der Waals surface area contributed by atoms with Crippen molar-refractivity contribution in [2.24, 2.45) is 35.5 Å². The zero-order chi connectivity index (χ0) is 54.1. The van der Waals surface area contributed by atoms with Crippen LogP contribution in [0.25, 0.3) is 0 Å². The number of aliphatic hydroxyl groups excluding tert-OH is 2. The molecule has 0 saturated carbocycles. The van der Waals surface area contributed by atoms with E-state index in [1.54, 1.807) is 39.8 Å². The molecule has 2 saturated heterocycles. The van der Waals surface area contributed by atoms with Crippen molar-refractivity contribution < 1.29 is 53.7 Å². The molecule has 2 aliphatic heterocycles. The average molecular weight is 1010 g/mol. The van der Waals surface area contributed by atoms with E-state index < -0.39 is 138 Å². The third-order valence-electron chi connectivity index (χ3n) is 13.9. The summed E-state index contributed by atoms with van der Waals surface area (Å²) < 4.78 is 0. The van der Waals surface area contributed by atoms with E-state index in [9.17, 15) is 53.7 Å². The smallest absolute Gasteiger partial charge is 0.246 e. The van der Waals surface area contributed by atoms with Crippen LogP contribution in [0.1, 0.15) is 146 Å². The van der Waals surface area contributed by atoms with Crippen molar-refractivity contribution >= 4 is 47.3 Å². The molecule has 2 heterocycles. The lowest BCUT2D eigenvalue weighted by molar-refractivity contribution is -0.143. The van der Waals surface area contributed by atoms with Crippen LogP contribution in [-0.2, 0) is 44.8 Å². The van der Waals surface area contributed by atoms with E-state index in [0.29, 0.717) is 24.8 Å². The molecule has 0 spiro atoms. The number of benzene rings is 1. The number of carbonyl (C=O) groups excluding carboxylic acids is 8. The highest BCUT2D eigenvalue weighted by Gasteiger charge is 2.42. The highest BCUT2D eigenvalue weighted by Crippen LogP contribution is 2.23. The number of fused-ring (bicyclic) bond motifs is 1. The standard InChI is InChI=1S/C53H88N8O11/c1-13-32(11)46-51(70)56-37(23-29(5)6)42(64)27-43(65)54-36(22-28(3)4)41(63)26-44(66)55-39(25-34-17-19-35(62)20-18-34)49(68)58-45(31(9)10)53(72)61-21-15-16-40(61)50(69)57-38(24-30(7)8)48(67)59-47(33(12)14-2)52(71)60-46/h17-20,28-33,36-42,45-47,62-64H,13-16,21-27H2,1-12H3,(H,54,65)(H,55,66)(H,56,70)(H,57,69)(H,58,68)(H,59,67)(H,60,71)/t32?,33?,36-,37-,38-,39+,40+,41-,42-,45+,46+,47+/m1/s1. The number of nitrogens with zero attached hydrogens (tertiary/aromatic N) is 1. The normalized spacial score (nSPS) is 28.5. The number of nitrogens with one attached hydrogen (secondary N) is 7. The summed E-state index contributed by atoms with van der Waals surface area (Å²) in [5.74, 6) is -6.62. The third-order valence-corrected chi connectivity index (χ3v) is 13.9. The number of aromatic hydroxyl groups is 1. The van der Waals surface area contributed by atoms with Crippen molar-refractivity contribution in [1.82, 2.24) is 42.1 Å². The Kier molecular flexibility index (Phi) is 24.4. The Bertz CT molecular complexity index is 1980. The van der Waals surface area contributed by atoms with Crippen molar-refractivity contribution in [2.45, 2.75) is 208 Å². The molecule has 10 N–H and O–H groups in total. The van der Waals surface area contributed by atoms with E-state index in [0.717, 1.165) is 0 Å². The van der Waals surface area contributed by atoms with Gasteiger partial charge in [0, 0.05) is 13.0 Å². The number of hydrogen-bond donors (Lipinski definition) is 10. The lowest BCUT2D eigenvalue weighted by atomic mass is 9.92. The Morgan fingerprint density at radius 1 is 0.542 bits per heavy atom. The first-order chi connectivity index (χ1) is 33.8. The highest BCUT2D eigenvalue weighted by atomic mass is 16.3. The summed E-state index contributed by atoms with van der Waals surface area (Å²) in [6.07, 6.45) is -1.58. The Balaban J connectivity index is 2.16. The van der Waals surface area contributed by atoms with Crippen LogP contribution in [0.15, 0.2) is 24.3 Å². The van der Waals surface area contributed by atoms with Crippen molar-refractivity contribution in [3.05, 3.63) is 29.8 Å². The number of rotatable bonds is 13. The monoisotopic (exact) mass is 1010 g/mol. The summed E-state index contributed by atoms with van der Waals surface area (Å²) in [4.78, 5) is 115. The van der Waals surface area contributed by atoms with Gasteiger partial charge in [-0.05, 0) is 85.3 Å². The predicted molar refractivity (Wildman–Crippen MR) is 273 cm³/mol. The summed E-state index contributed by atoms with van der Waals surface area (Å²) in [5, 5.41) is 53.0. The van der Waals surface area contributed by atoms with Crippen LogP contribution in [0, 0.1) is 35.5 Å². The topological polar surface area (TPSA) is 285 Å².